The van der Waals surface area contributed by atoms with Gasteiger partial charge < -0.3 is 10.6 Å². The van der Waals surface area contributed by atoms with E-state index in [4.69, 9.17) is 0 Å². The largest absolute Gasteiger partial charge is 0.344 e. The van der Waals surface area contributed by atoms with Crippen LogP contribution in [0.1, 0.15) is 32.4 Å². The molecule has 4 aromatic rings. The zero-order chi connectivity index (χ0) is 22.0. The maximum Gasteiger partial charge on any atom is 0.246 e. The monoisotopic (exact) mass is 415 g/mol. The summed E-state index contributed by atoms with van der Waals surface area (Å²) in [5, 5.41) is 12.9. The molecule has 2 aromatic carbocycles. The van der Waals surface area contributed by atoms with Crippen molar-refractivity contribution < 1.29 is 9.59 Å². The van der Waals surface area contributed by atoms with Gasteiger partial charge in [-0.1, -0.05) is 42.5 Å². The zero-order valence-electron chi connectivity index (χ0n) is 17.8. The minimum absolute atomic E-state index is 0.197. The molecule has 0 aliphatic carbocycles. The normalized spacial score (nSPS) is 12.3. The van der Waals surface area contributed by atoms with Gasteiger partial charge in [-0.05, 0) is 43.2 Å². The highest BCUT2D eigenvalue weighted by molar-refractivity contribution is 5.98. The fourth-order valence-corrected chi connectivity index (χ4v) is 3.61. The van der Waals surface area contributed by atoms with Gasteiger partial charge in [0.2, 0.25) is 11.8 Å². The highest BCUT2D eigenvalue weighted by Crippen LogP contribution is 2.20. The van der Waals surface area contributed by atoms with Gasteiger partial charge in [0, 0.05) is 11.4 Å². The number of anilines is 1. The van der Waals surface area contributed by atoms with Crippen LogP contribution in [0.25, 0.3) is 21.8 Å². The maximum absolute atomic E-state index is 12.6. The summed E-state index contributed by atoms with van der Waals surface area (Å²) in [6.07, 6.45) is 3.54. The van der Waals surface area contributed by atoms with Crippen LogP contribution in [0, 0.1) is 0 Å². The summed E-state index contributed by atoms with van der Waals surface area (Å²) in [6.45, 7) is 5.73. The lowest BCUT2D eigenvalue weighted by Gasteiger charge is -2.15. The number of hydrogen-bond acceptors (Lipinski definition) is 4. The van der Waals surface area contributed by atoms with Crippen LogP contribution in [-0.2, 0) is 16.0 Å². The Morgan fingerprint density at radius 3 is 2.58 bits per heavy atom. The molecule has 0 spiro atoms. The molecule has 4 rings (SSSR count). The van der Waals surface area contributed by atoms with E-state index in [0.29, 0.717) is 5.69 Å². The second-order valence-corrected chi connectivity index (χ2v) is 7.91. The third kappa shape index (κ3) is 4.40. The predicted molar refractivity (Wildman–Crippen MR) is 122 cm³/mol. The first-order valence-electron chi connectivity index (χ1n) is 10.3. The molecule has 7 nitrogen and oxygen atoms in total. The second-order valence-electron chi connectivity index (χ2n) is 7.91. The molecule has 0 saturated carbocycles. The molecule has 0 radical (unpaired) electrons. The van der Waals surface area contributed by atoms with E-state index < -0.39 is 6.04 Å². The van der Waals surface area contributed by atoms with E-state index in [1.807, 2.05) is 67.1 Å². The molecular weight excluding hydrogens is 390 g/mol. The van der Waals surface area contributed by atoms with Crippen molar-refractivity contribution in [1.29, 1.82) is 0 Å². The molecule has 0 aliphatic heterocycles. The van der Waals surface area contributed by atoms with Crippen LogP contribution < -0.4 is 10.6 Å². The third-order valence-electron chi connectivity index (χ3n) is 5.19. The van der Waals surface area contributed by atoms with Crippen LogP contribution in [0.15, 0.2) is 60.9 Å². The molecule has 0 unspecified atom stereocenters. The Bertz CT molecular complexity index is 1260. The van der Waals surface area contributed by atoms with Crippen LogP contribution in [0.5, 0.6) is 0 Å². The fraction of sp³-hybridized carbons (Fsp3) is 0.250. The molecule has 0 aliphatic rings. The van der Waals surface area contributed by atoms with Gasteiger partial charge in [0.15, 0.2) is 5.65 Å². The Hall–Kier alpha value is -3.74. The Kier molecular flexibility index (Phi) is 5.66. The van der Waals surface area contributed by atoms with E-state index >= 15 is 0 Å². The number of carbonyl (C=O) groups is 2. The molecule has 0 bridgehead atoms. The number of benzene rings is 2. The quantitative estimate of drug-likeness (QED) is 0.501. The van der Waals surface area contributed by atoms with E-state index in [1.165, 1.54) is 0 Å². The number of carbonyl (C=O) groups excluding carboxylic acids is 2. The Labute approximate surface area is 180 Å². The summed E-state index contributed by atoms with van der Waals surface area (Å²) < 4.78 is 1.83. The Morgan fingerprint density at radius 1 is 1.00 bits per heavy atom. The Balaban J connectivity index is 1.40. The smallest absolute Gasteiger partial charge is 0.246 e. The minimum atomic E-state index is -0.684. The number of rotatable bonds is 6. The van der Waals surface area contributed by atoms with E-state index in [0.717, 1.165) is 27.4 Å². The van der Waals surface area contributed by atoms with Crippen molar-refractivity contribution in [1.82, 2.24) is 20.1 Å². The lowest BCUT2D eigenvalue weighted by atomic mass is 10.0. The predicted octanol–water partition coefficient (Wildman–Crippen LogP) is 3.85. The van der Waals surface area contributed by atoms with E-state index in [1.54, 1.807) is 19.3 Å². The topological polar surface area (TPSA) is 88.9 Å². The van der Waals surface area contributed by atoms with E-state index in [9.17, 15) is 9.59 Å². The van der Waals surface area contributed by atoms with Gasteiger partial charge in [0.05, 0.1) is 24.5 Å². The summed E-state index contributed by atoms with van der Waals surface area (Å²) in [4.78, 5) is 29.6. The van der Waals surface area contributed by atoms with Crippen molar-refractivity contribution >= 4 is 39.3 Å². The fourth-order valence-electron chi connectivity index (χ4n) is 3.61. The third-order valence-corrected chi connectivity index (χ3v) is 5.19. The van der Waals surface area contributed by atoms with E-state index in [-0.39, 0.29) is 24.3 Å². The van der Waals surface area contributed by atoms with Gasteiger partial charge in [-0.2, -0.15) is 5.10 Å². The standard InChI is InChI=1S/C24H25N5O2/c1-15(2)29-23-19(13-26-29)11-20(14-25-23)28-24(31)16(3)27-22(30)12-18-9-6-8-17-7-4-5-10-21(17)18/h4-11,13-16H,12H2,1-3H3,(H,27,30)(H,28,31)/t16-/m1/s1. The van der Waals surface area contributed by atoms with Crippen molar-refractivity contribution in [2.24, 2.45) is 0 Å². The average Bonchev–Trinajstić information content (AvgIpc) is 3.17. The number of hydrogen-bond donors (Lipinski definition) is 2. The van der Waals surface area contributed by atoms with Crippen LogP contribution in [0.3, 0.4) is 0 Å². The highest BCUT2D eigenvalue weighted by atomic mass is 16.2. The van der Waals surface area contributed by atoms with Crippen molar-refractivity contribution in [2.75, 3.05) is 5.32 Å². The van der Waals surface area contributed by atoms with Crippen molar-refractivity contribution in [3.63, 3.8) is 0 Å². The molecule has 1 atom stereocenters. The molecule has 31 heavy (non-hydrogen) atoms. The molecule has 7 heteroatoms. The van der Waals surface area contributed by atoms with Gasteiger partial charge >= 0.3 is 0 Å². The summed E-state index contributed by atoms with van der Waals surface area (Å²) >= 11 is 0. The Morgan fingerprint density at radius 2 is 1.77 bits per heavy atom. The lowest BCUT2D eigenvalue weighted by Crippen LogP contribution is -2.42. The van der Waals surface area contributed by atoms with Crippen molar-refractivity contribution in [3.05, 3.63) is 66.5 Å². The number of pyridine rings is 1. The van der Waals surface area contributed by atoms with Crippen LogP contribution >= 0.6 is 0 Å². The van der Waals surface area contributed by atoms with Crippen molar-refractivity contribution in [2.45, 2.75) is 39.3 Å². The first-order chi connectivity index (χ1) is 14.9. The van der Waals surface area contributed by atoms with Gasteiger partial charge in [0.1, 0.15) is 6.04 Å². The maximum atomic E-state index is 12.6. The summed E-state index contributed by atoms with van der Waals surface area (Å²) in [7, 11) is 0. The van der Waals surface area contributed by atoms with Gasteiger partial charge in [-0.15, -0.1) is 0 Å². The number of nitrogens with one attached hydrogen (secondary N) is 2. The first kappa shape index (κ1) is 20.5. The number of amides is 2. The molecule has 0 saturated heterocycles. The first-order valence-corrected chi connectivity index (χ1v) is 10.3. The van der Waals surface area contributed by atoms with Crippen LogP contribution in [-0.4, -0.2) is 32.6 Å². The van der Waals surface area contributed by atoms with Crippen molar-refractivity contribution in [3.8, 4) is 0 Å². The lowest BCUT2D eigenvalue weighted by molar-refractivity contribution is -0.125. The molecule has 2 amide bonds. The number of nitrogens with zero attached hydrogens (tertiary/aromatic N) is 3. The summed E-state index contributed by atoms with van der Waals surface area (Å²) in [5.41, 5.74) is 2.26. The molecule has 2 heterocycles. The van der Waals surface area contributed by atoms with Crippen LogP contribution in [0.2, 0.25) is 0 Å². The summed E-state index contributed by atoms with van der Waals surface area (Å²) in [6, 6.07) is 15.2. The zero-order valence-corrected chi connectivity index (χ0v) is 17.8. The molecule has 2 N–H and O–H groups in total. The SMILES string of the molecule is CC(C)n1ncc2cc(NC(=O)[C@@H](C)NC(=O)Cc3cccc4ccccc34)cnc21. The molecular formula is C24H25N5O2. The van der Waals surface area contributed by atoms with Crippen LogP contribution in [0.4, 0.5) is 5.69 Å². The minimum Gasteiger partial charge on any atom is -0.344 e. The second kappa shape index (κ2) is 8.55. The van der Waals surface area contributed by atoms with Gasteiger partial charge in [-0.25, -0.2) is 9.67 Å². The van der Waals surface area contributed by atoms with Gasteiger partial charge in [0.25, 0.3) is 0 Å². The molecule has 158 valence electrons. The number of aromatic nitrogens is 3. The highest BCUT2D eigenvalue weighted by Gasteiger charge is 2.17. The van der Waals surface area contributed by atoms with E-state index in [2.05, 4.69) is 20.7 Å². The molecule has 0 fully saturated rings. The summed E-state index contributed by atoms with van der Waals surface area (Å²) in [5.74, 6) is -0.505. The number of fused-ring (bicyclic) bond motifs is 2. The molecule has 2 aromatic heterocycles. The average molecular weight is 415 g/mol. The van der Waals surface area contributed by atoms with Gasteiger partial charge in [-0.3, -0.25) is 9.59 Å².